The monoisotopic (exact) mass is 363 g/mol. The highest BCUT2D eigenvalue weighted by atomic mass is 79.9. The van der Waals surface area contributed by atoms with E-state index in [0.29, 0.717) is 11.0 Å². The Labute approximate surface area is 118 Å². The predicted octanol–water partition coefficient (Wildman–Crippen LogP) is 4.10. The van der Waals surface area contributed by atoms with E-state index < -0.39 is 35.9 Å². The summed E-state index contributed by atoms with van der Waals surface area (Å²) in [5, 5.41) is 0. The summed E-state index contributed by atoms with van der Waals surface area (Å²) in [6.07, 6.45) is -9.31. The first-order valence-corrected chi connectivity index (χ1v) is 5.90. The molecule has 0 aromatic heterocycles. The molecule has 1 aromatic rings. The summed E-state index contributed by atoms with van der Waals surface area (Å²) < 4.78 is 74.0. The largest absolute Gasteiger partial charge is 0.416 e. The Balaban J connectivity index is 3.10. The van der Waals surface area contributed by atoms with Crippen molar-refractivity contribution >= 4 is 21.8 Å². The van der Waals surface area contributed by atoms with Gasteiger partial charge in [0.2, 0.25) is 0 Å². The van der Waals surface area contributed by atoms with E-state index in [1.807, 2.05) is 0 Å². The molecule has 0 atom stereocenters. The molecule has 0 unspecified atom stereocenters. The van der Waals surface area contributed by atoms with E-state index in [1.165, 1.54) is 0 Å². The fourth-order valence-corrected chi connectivity index (χ4v) is 1.83. The van der Waals surface area contributed by atoms with E-state index in [0.717, 1.165) is 19.2 Å². The zero-order valence-corrected chi connectivity index (χ0v) is 11.5. The van der Waals surface area contributed by atoms with Crippen LogP contribution in [0.2, 0.25) is 0 Å². The molecule has 0 saturated heterocycles. The summed E-state index contributed by atoms with van der Waals surface area (Å²) in [4.78, 5) is 12.1. The van der Waals surface area contributed by atoms with Crippen molar-refractivity contribution in [2.45, 2.75) is 12.4 Å². The third kappa shape index (κ3) is 4.39. The van der Waals surface area contributed by atoms with Crippen LogP contribution in [-0.2, 0) is 6.18 Å². The minimum Gasteiger partial charge on any atom is -0.333 e. The minimum absolute atomic E-state index is 0.00970. The number of alkyl halides is 6. The van der Waals surface area contributed by atoms with Gasteiger partial charge in [-0.2, -0.15) is 26.3 Å². The van der Waals surface area contributed by atoms with Crippen LogP contribution >= 0.6 is 15.9 Å². The van der Waals surface area contributed by atoms with Crippen LogP contribution in [0.3, 0.4) is 0 Å². The second-order valence-corrected chi connectivity index (χ2v) is 4.82. The van der Waals surface area contributed by atoms with Gasteiger partial charge in [-0.15, -0.1) is 0 Å². The molecule has 0 N–H and O–H groups in total. The lowest BCUT2D eigenvalue weighted by molar-refractivity contribution is -0.139. The fourth-order valence-electron chi connectivity index (χ4n) is 1.41. The molecule has 0 aliphatic rings. The van der Waals surface area contributed by atoms with Crippen LogP contribution in [-0.4, -0.2) is 30.6 Å². The van der Waals surface area contributed by atoms with Crippen LogP contribution in [0.5, 0.6) is 0 Å². The van der Waals surface area contributed by atoms with Gasteiger partial charge < -0.3 is 4.90 Å². The Morgan fingerprint density at radius 3 is 2.20 bits per heavy atom. The van der Waals surface area contributed by atoms with Crippen molar-refractivity contribution in [1.29, 1.82) is 0 Å². The van der Waals surface area contributed by atoms with Crippen LogP contribution in [0.4, 0.5) is 26.3 Å². The lowest BCUT2D eigenvalue weighted by atomic mass is 10.1. The zero-order valence-electron chi connectivity index (χ0n) is 9.94. The van der Waals surface area contributed by atoms with Gasteiger partial charge in [-0.1, -0.05) is 0 Å². The van der Waals surface area contributed by atoms with Crippen molar-refractivity contribution in [3.63, 3.8) is 0 Å². The van der Waals surface area contributed by atoms with E-state index in [1.54, 1.807) is 0 Å². The summed E-state index contributed by atoms with van der Waals surface area (Å²) in [5.41, 5.74) is -1.59. The topological polar surface area (TPSA) is 20.3 Å². The van der Waals surface area contributed by atoms with E-state index in [-0.39, 0.29) is 4.47 Å². The molecule has 0 heterocycles. The maximum atomic E-state index is 12.5. The molecule has 0 spiro atoms. The number of carbonyl (C=O) groups excluding carboxylic acids is 1. The SMILES string of the molecule is CN(CC(F)(F)F)C(=O)c1cc(C(F)(F)F)ccc1Br. The molecule has 1 rings (SSSR count). The summed E-state index contributed by atoms with van der Waals surface area (Å²) in [6, 6.07) is 2.21. The Bertz CT molecular complexity index is 511. The van der Waals surface area contributed by atoms with Crippen molar-refractivity contribution in [1.82, 2.24) is 4.90 Å². The summed E-state index contributed by atoms with van der Waals surface area (Å²) in [7, 11) is 0.864. The molecule has 20 heavy (non-hydrogen) atoms. The average molecular weight is 364 g/mol. The third-order valence-electron chi connectivity index (χ3n) is 2.29. The van der Waals surface area contributed by atoms with Crippen molar-refractivity contribution in [3.8, 4) is 0 Å². The number of carbonyl (C=O) groups is 1. The highest BCUT2D eigenvalue weighted by molar-refractivity contribution is 9.10. The molecule has 1 aromatic carbocycles. The van der Waals surface area contributed by atoms with Gasteiger partial charge in [0, 0.05) is 11.5 Å². The number of halogens is 7. The quantitative estimate of drug-likeness (QED) is 0.724. The lowest BCUT2D eigenvalue weighted by Gasteiger charge is -2.20. The molecule has 0 aliphatic heterocycles. The molecule has 0 bridgehead atoms. The van der Waals surface area contributed by atoms with Crippen LogP contribution in [0.25, 0.3) is 0 Å². The maximum absolute atomic E-state index is 12.5. The molecule has 2 nitrogen and oxygen atoms in total. The van der Waals surface area contributed by atoms with Gasteiger partial charge in [0.25, 0.3) is 5.91 Å². The van der Waals surface area contributed by atoms with E-state index >= 15 is 0 Å². The minimum atomic E-state index is -4.68. The lowest BCUT2D eigenvalue weighted by Crippen LogP contribution is -2.36. The van der Waals surface area contributed by atoms with Crippen molar-refractivity contribution < 1.29 is 31.1 Å². The van der Waals surface area contributed by atoms with Crippen molar-refractivity contribution in [2.75, 3.05) is 13.6 Å². The average Bonchev–Trinajstić information content (AvgIpc) is 2.24. The van der Waals surface area contributed by atoms with Gasteiger partial charge in [0.05, 0.1) is 11.1 Å². The number of nitrogens with zero attached hydrogens (tertiary/aromatic N) is 1. The molecule has 0 saturated carbocycles. The second-order valence-electron chi connectivity index (χ2n) is 3.97. The van der Waals surface area contributed by atoms with Crippen LogP contribution < -0.4 is 0 Å². The van der Waals surface area contributed by atoms with Crippen molar-refractivity contribution in [2.24, 2.45) is 0 Å². The predicted molar refractivity (Wildman–Crippen MR) is 62.2 cm³/mol. The number of rotatable bonds is 2. The number of benzene rings is 1. The molecule has 9 heteroatoms. The van der Waals surface area contributed by atoms with Gasteiger partial charge in [0.15, 0.2) is 0 Å². The molecule has 0 fully saturated rings. The standard InChI is InChI=1S/C11H8BrF6NO/c1-19(5-10(13,14)15)9(20)7-4-6(11(16,17)18)2-3-8(7)12/h2-4H,5H2,1H3. The van der Waals surface area contributed by atoms with E-state index in [2.05, 4.69) is 15.9 Å². The van der Waals surface area contributed by atoms with Crippen LogP contribution in [0.15, 0.2) is 22.7 Å². The van der Waals surface area contributed by atoms with Gasteiger partial charge in [0.1, 0.15) is 6.54 Å². The van der Waals surface area contributed by atoms with Gasteiger partial charge in [-0.3, -0.25) is 4.79 Å². The van der Waals surface area contributed by atoms with E-state index in [9.17, 15) is 31.1 Å². The first-order valence-electron chi connectivity index (χ1n) is 5.11. The molecular formula is C11H8BrF6NO. The highest BCUT2D eigenvalue weighted by Crippen LogP contribution is 2.32. The molecule has 0 aliphatic carbocycles. The highest BCUT2D eigenvalue weighted by Gasteiger charge is 2.34. The maximum Gasteiger partial charge on any atom is 0.416 e. The van der Waals surface area contributed by atoms with Gasteiger partial charge in [-0.05, 0) is 34.1 Å². The number of amides is 1. The summed E-state index contributed by atoms with van der Waals surface area (Å²) in [6.45, 7) is -1.55. The third-order valence-corrected chi connectivity index (χ3v) is 2.98. The Hall–Kier alpha value is -1.25. The molecular weight excluding hydrogens is 356 g/mol. The molecule has 0 radical (unpaired) electrons. The summed E-state index contributed by atoms with van der Waals surface area (Å²) >= 11 is 2.85. The van der Waals surface area contributed by atoms with Crippen LogP contribution in [0.1, 0.15) is 15.9 Å². The Kier molecular flexibility index (Phi) is 4.73. The number of hydrogen-bond acceptors (Lipinski definition) is 1. The smallest absolute Gasteiger partial charge is 0.333 e. The number of hydrogen-bond donors (Lipinski definition) is 0. The molecule has 112 valence electrons. The van der Waals surface area contributed by atoms with Crippen molar-refractivity contribution in [3.05, 3.63) is 33.8 Å². The van der Waals surface area contributed by atoms with E-state index in [4.69, 9.17) is 0 Å². The van der Waals surface area contributed by atoms with Crippen LogP contribution in [0, 0.1) is 0 Å². The first kappa shape index (κ1) is 16.8. The van der Waals surface area contributed by atoms with Gasteiger partial charge in [-0.25, -0.2) is 0 Å². The normalized spacial score (nSPS) is 12.4. The Morgan fingerprint density at radius 1 is 1.20 bits per heavy atom. The fraction of sp³-hybridized carbons (Fsp3) is 0.364. The summed E-state index contributed by atoms with van der Waals surface area (Å²) in [5.74, 6) is -1.15. The molecule has 1 amide bonds. The van der Waals surface area contributed by atoms with Gasteiger partial charge >= 0.3 is 12.4 Å². The first-order chi connectivity index (χ1) is 8.92. The second kappa shape index (κ2) is 5.63. The Morgan fingerprint density at radius 2 is 1.75 bits per heavy atom. The zero-order chi connectivity index (χ0) is 15.7.